The zero-order valence-electron chi connectivity index (χ0n) is 9.81. The van der Waals surface area contributed by atoms with Crippen LogP contribution in [0.3, 0.4) is 0 Å². The number of anilines is 2. The fourth-order valence-corrected chi connectivity index (χ4v) is 1.80. The second kappa shape index (κ2) is 4.93. The van der Waals surface area contributed by atoms with E-state index in [1.807, 2.05) is 0 Å². The van der Waals surface area contributed by atoms with Gasteiger partial charge in [0.05, 0.1) is 0 Å². The summed E-state index contributed by atoms with van der Waals surface area (Å²) in [6.07, 6.45) is 2.93. The van der Waals surface area contributed by atoms with E-state index in [4.69, 9.17) is 11.6 Å². The molecule has 0 saturated heterocycles. The lowest BCUT2D eigenvalue weighted by molar-refractivity contribution is 0.509. The molecular formula is C12H6ClF2N5. The van der Waals surface area contributed by atoms with Crippen LogP contribution in [0.1, 0.15) is 0 Å². The van der Waals surface area contributed by atoms with Gasteiger partial charge in [-0.25, -0.2) is 18.7 Å². The summed E-state index contributed by atoms with van der Waals surface area (Å²) >= 11 is 5.78. The fraction of sp³-hybridized carbons (Fsp3) is 0. The van der Waals surface area contributed by atoms with E-state index in [0.29, 0.717) is 16.9 Å². The summed E-state index contributed by atoms with van der Waals surface area (Å²) in [5.41, 5.74) is 0.991. The molecule has 0 aliphatic carbocycles. The molecule has 0 amide bonds. The van der Waals surface area contributed by atoms with E-state index < -0.39 is 11.6 Å². The van der Waals surface area contributed by atoms with E-state index in [2.05, 4.69) is 25.3 Å². The van der Waals surface area contributed by atoms with Gasteiger partial charge in [-0.15, -0.1) is 0 Å². The molecule has 0 bridgehead atoms. The SMILES string of the molecule is Fc1ccc(Nc2nc(Cl)nc3nccnc23)cc1F. The number of hydrogen-bond acceptors (Lipinski definition) is 5. The Bertz CT molecular complexity index is 796. The van der Waals surface area contributed by atoms with Gasteiger partial charge in [-0.05, 0) is 23.7 Å². The van der Waals surface area contributed by atoms with Crippen molar-refractivity contribution < 1.29 is 8.78 Å². The molecule has 8 heteroatoms. The van der Waals surface area contributed by atoms with Gasteiger partial charge in [-0.3, -0.25) is 0 Å². The molecule has 0 spiro atoms. The first-order chi connectivity index (χ1) is 9.63. The predicted octanol–water partition coefficient (Wildman–Crippen LogP) is 3.10. The van der Waals surface area contributed by atoms with Gasteiger partial charge < -0.3 is 5.32 Å². The second-order valence-corrected chi connectivity index (χ2v) is 4.16. The maximum absolute atomic E-state index is 13.2. The molecule has 0 fully saturated rings. The first-order valence-corrected chi connectivity index (χ1v) is 5.87. The van der Waals surface area contributed by atoms with E-state index in [1.54, 1.807) is 0 Å². The average molecular weight is 294 g/mol. The number of halogens is 3. The first-order valence-electron chi connectivity index (χ1n) is 5.50. The van der Waals surface area contributed by atoms with Gasteiger partial charge in [0, 0.05) is 24.1 Å². The highest BCUT2D eigenvalue weighted by molar-refractivity contribution is 6.28. The van der Waals surface area contributed by atoms with Crippen molar-refractivity contribution in [2.24, 2.45) is 0 Å². The second-order valence-electron chi connectivity index (χ2n) is 3.82. The van der Waals surface area contributed by atoms with Gasteiger partial charge in [-0.2, -0.15) is 9.97 Å². The zero-order chi connectivity index (χ0) is 14.1. The Kier molecular flexibility index (Phi) is 3.11. The van der Waals surface area contributed by atoms with Crippen LogP contribution < -0.4 is 5.32 Å². The van der Waals surface area contributed by atoms with Crippen LogP contribution >= 0.6 is 11.6 Å². The molecule has 1 aromatic carbocycles. The summed E-state index contributed by atoms with van der Waals surface area (Å²) < 4.78 is 26.1. The van der Waals surface area contributed by atoms with Crippen molar-refractivity contribution >= 4 is 34.3 Å². The Hall–Kier alpha value is -2.41. The Morgan fingerprint density at radius 2 is 1.80 bits per heavy atom. The highest BCUT2D eigenvalue weighted by Gasteiger charge is 2.10. The van der Waals surface area contributed by atoms with Crippen LogP contribution in [0.5, 0.6) is 0 Å². The highest BCUT2D eigenvalue weighted by atomic mass is 35.5. The van der Waals surface area contributed by atoms with Crippen LogP contribution in [0.15, 0.2) is 30.6 Å². The van der Waals surface area contributed by atoms with Gasteiger partial charge >= 0.3 is 0 Å². The van der Waals surface area contributed by atoms with Gasteiger partial charge in [-0.1, -0.05) is 0 Å². The monoisotopic (exact) mass is 293 g/mol. The van der Waals surface area contributed by atoms with Crippen molar-refractivity contribution in [2.75, 3.05) is 5.32 Å². The minimum atomic E-state index is -0.967. The number of nitrogens with zero attached hydrogens (tertiary/aromatic N) is 4. The van der Waals surface area contributed by atoms with Crippen molar-refractivity contribution in [3.63, 3.8) is 0 Å². The molecule has 0 radical (unpaired) electrons. The van der Waals surface area contributed by atoms with Crippen LogP contribution in [0.4, 0.5) is 20.3 Å². The molecule has 0 aliphatic rings. The van der Waals surface area contributed by atoms with Crippen LogP contribution in [0, 0.1) is 11.6 Å². The van der Waals surface area contributed by atoms with Gasteiger partial charge in [0.15, 0.2) is 28.6 Å². The molecule has 0 unspecified atom stereocenters. The van der Waals surface area contributed by atoms with E-state index in [0.717, 1.165) is 12.1 Å². The van der Waals surface area contributed by atoms with Gasteiger partial charge in [0.25, 0.3) is 0 Å². The average Bonchev–Trinajstić information content (AvgIpc) is 2.43. The van der Waals surface area contributed by atoms with Gasteiger partial charge in [0.1, 0.15) is 0 Å². The molecule has 0 aliphatic heterocycles. The zero-order valence-corrected chi connectivity index (χ0v) is 10.6. The molecule has 100 valence electrons. The number of benzene rings is 1. The minimum absolute atomic E-state index is 0.0249. The maximum atomic E-state index is 13.2. The highest BCUT2D eigenvalue weighted by Crippen LogP contribution is 2.23. The largest absolute Gasteiger partial charge is 0.338 e. The van der Waals surface area contributed by atoms with Crippen LogP contribution in [0.25, 0.3) is 11.2 Å². The maximum Gasteiger partial charge on any atom is 0.226 e. The quantitative estimate of drug-likeness (QED) is 0.736. The summed E-state index contributed by atoms with van der Waals surface area (Å²) in [4.78, 5) is 16.0. The molecule has 1 N–H and O–H groups in total. The number of nitrogens with one attached hydrogen (secondary N) is 1. The lowest BCUT2D eigenvalue weighted by atomic mass is 10.3. The summed E-state index contributed by atoms with van der Waals surface area (Å²) in [6.45, 7) is 0. The Morgan fingerprint density at radius 1 is 1.00 bits per heavy atom. The minimum Gasteiger partial charge on any atom is -0.338 e. The summed E-state index contributed by atoms with van der Waals surface area (Å²) in [6, 6.07) is 3.39. The van der Waals surface area contributed by atoms with E-state index >= 15 is 0 Å². The van der Waals surface area contributed by atoms with Crippen molar-refractivity contribution in [3.8, 4) is 0 Å². The van der Waals surface area contributed by atoms with E-state index in [-0.39, 0.29) is 11.1 Å². The molecule has 5 nitrogen and oxygen atoms in total. The first kappa shape index (κ1) is 12.6. The molecule has 2 aromatic heterocycles. The third-order valence-corrected chi connectivity index (χ3v) is 2.66. The third kappa shape index (κ3) is 2.35. The Morgan fingerprint density at radius 3 is 2.60 bits per heavy atom. The van der Waals surface area contributed by atoms with Crippen LogP contribution in [-0.4, -0.2) is 19.9 Å². The summed E-state index contributed by atoms with van der Waals surface area (Å²) in [5, 5.41) is 2.79. The standard InChI is InChI=1S/C12H6ClF2N5/c13-12-19-10-9(16-3-4-17-10)11(20-12)18-6-1-2-7(14)8(15)5-6/h1-5H,(H,17,18,19,20). The Labute approximate surface area is 116 Å². The summed E-state index contributed by atoms with van der Waals surface area (Å²) in [5.74, 6) is -1.63. The third-order valence-electron chi connectivity index (χ3n) is 2.49. The molecule has 2 heterocycles. The van der Waals surface area contributed by atoms with Crippen molar-refractivity contribution in [3.05, 3.63) is 47.5 Å². The van der Waals surface area contributed by atoms with Crippen LogP contribution in [-0.2, 0) is 0 Å². The molecule has 0 atom stereocenters. The van der Waals surface area contributed by atoms with Gasteiger partial charge in [0.2, 0.25) is 5.28 Å². The molecule has 0 saturated carbocycles. The molecule has 3 aromatic rings. The van der Waals surface area contributed by atoms with Crippen molar-refractivity contribution in [1.82, 2.24) is 19.9 Å². The van der Waals surface area contributed by atoms with E-state index in [9.17, 15) is 8.78 Å². The Balaban J connectivity index is 2.07. The van der Waals surface area contributed by atoms with E-state index in [1.165, 1.54) is 18.5 Å². The van der Waals surface area contributed by atoms with Crippen molar-refractivity contribution in [2.45, 2.75) is 0 Å². The molecule has 3 rings (SSSR count). The van der Waals surface area contributed by atoms with Crippen molar-refractivity contribution in [1.29, 1.82) is 0 Å². The summed E-state index contributed by atoms with van der Waals surface area (Å²) in [7, 11) is 0. The van der Waals surface area contributed by atoms with Crippen LogP contribution in [0.2, 0.25) is 5.28 Å². The fourth-order valence-electron chi connectivity index (χ4n) is 1.63. The smallest absolute Gasteiger partial charge is 0.226 e. The number of fused-ring (bicyclic) bond motifs is 1. The molecule has 20 heavy (non-hydrogen) atoms. The number of hydrogen-bond donors (Lipinski definition) is 1. The topological polar surface area (TPSA) is 63.6 Å². The molecular weight excluding hydrogens is 288 g/mol. The number of aromatic nitrogens is 4. The predicted molar refractivity (Wildman–Crippen MR) is 69.8 cm³/mol. The number of rotatable bonds is 2. The lowest BCUT2D eigenvalue weighted by Crippen LogP contribution is -2.00. The lowest BCUT2D eigenvalue weighted by Gasteiger charge is -2.08. The normalized spacial score (nSPS) is 10.8.